The van der Waals surface area contributed by atoms with Gasteiger partial charge in [0.25, 0.3) is 0 Å². The summed E-state index contributed by atoms with van der Waals surface area (Å²) in [7, 11) is 0. The number of carbonyl (C=O) groups excluding carboxylic acids is 2. The SMILES string of the molecule is CCCc1cc(Oc2ccccc2)ccc1C(C)CCCOc1ccc(C(C)C(=O)NC(C)=O)cc1F. The molecule has 0 fully saturated rings. The second-order valence-electron chi connectivity index (χ2n) is 9.37. The highest BCUT2D eigenvalue weighted by molar-refractivity contribution is 5.97. The fourth-order valence-electron chi connectivity index (χ4n) is 4.30. The van der Waals surface area contributed by atoms with E-state index in [1.165, 1.54) is 30.2 Å². The molecule has 0 radical (unpaired) electrons. The maximum Gasteiger partial charge on any atom is 0.233 e. The fraction of sp³-hybridized carbons (Fsp3) is 0.355. The van der Waals surface area contributed by atoms with Crippen LogP contribution >= 0.6 is 0 Å². The molecule has 0 saturated carbocycles. The molecule has 5 nitrogen and oxygen atoms in total. The van der Waals surface area contributed by atoms with Crippen LogP contribution < -0.4 is 14.8 Å². The largest absolute Gasteiger partial charge is 0.491 e. The van der Waals surface area contributed by atoms with Gasteiger partial charge in [0.05, 0.1) is 12.5 Å². The summed E-state index contributed by atoms with van der Waals surface area (Å²) in [5.41, 5.74) is 3.07. The average Bonchev–Trinajstić information content (AvgIpc) is 2.87. The van der Waals surface area contributed by atoms with Gasteiger partial charge in [-0.15, -0.1) is 0 Å². The number of ether oxygens (including phenoxy) is 2. The Morgan fingerprint density at radius 2 is 1.73 bits per heavy atom. The third kappa shape index (κ3) is 8.17. The second kappa shape index (κ2) is 13.6. The van der Waals surface area contributed by atoms with Crippen molar-refractivity contribution in [3.63, 3.8) is 0 Å². The summed E-state index contributed by atoms with van der Waals surface area (Å²) in [4.78, 5) is 23.1. The molecule has 0 aliphatic carbocycles. The topological polar surface area (TPSA) is 64.6 Å². The van der Waals surface area contributed by atoms with E-state index in [2.05, 4.69) is 31.3 Å². The molecule has 0 aliphatic rings. The number of hydrogen-bond acceptors (Lipinski definition) is 4. The fourth-order valence-corrected chi connectivity index (χ4v) is 4.30. The second-order valence-corrected chi connectivity index (χ2v) is 9.37. The number of imide groups is 1. The third-order valence-corrected chi connectivity index (χ3v) is 6.33. The first-order valence-electron chi connectivity index (χ1n) is 12.9. The van der Waals surface area contributed by atoms with Crippen LogP contribution in [0.2, 0.25) is 0 Å². The number of benzene rings is 3. The number of hydrogen-bond donors (Lipinski definition) is 1. The van der Waals surface area contributed by atoms with Crippen LogP contribution in [0.15, 0.2) is 66.7 Å². The van der Waals surface area contributed by atoms with E-state index in [0.29, 0.717) is 18.1 Å². The molecule has 0 spiro atoms. The van der Waals surface area contributed by atoms with Crippen molar-refractivity contribution in [2.75, 3.05) is 6.61 Å². The van der Waals surface area contributed by atoms with Crippen molar-refractivity contribution in [2.45, 2.75) is 65.2 Å². The first kappa shape index (κ1) is 27.9. The van der Waals surface area contributed by atoms with Gasteiger partial charge in [-0.3, -0.25) is 14.9 Å². The predicted molar refractivity (Wildman–Crippen MR) is 144 cm³/mol. The van der Waals surface area contributed by atoms with E-state index in [4.69, 9.17) is 9.47 Å². The van der Waals surface area contributed by atoms with E-state index in [1.54, 1.807) is 13.0 Å². The van der Waals surface area contributed by atoms with E-state index >= 15 is 0 Å². The molecule has 0 aliphatic heterocycles. The summed E-state index contributed by atoms with van der Waals surface area (Å²) in [6, 6.07) is 20.5. The predicted octanol–water partition coefficient (Wildman–Crippen LogP) is 7.30. The van der Waals surface area contributed by atoms with Gasteiger partial charge in [0, 0.05) is 6.92 Å². The van der Waals surface area contributed by atoms with Crippen LogP contribution in [0.3, 0.4) is 0 Å². The molecule has 1 N–H and O–H groups in total. The molecule has 3 aromatic carbocycles. The summed E-state index contributed by atoms with van der Waals surface area (Å²) < 4.78 is 26.3. The van der Waals surface area contributed by atoms with Gasteiger partial charge in [-0.25, -0.2) is 4.39 Å². The molecule has 3 aromatic rings. The average molecular weight is 506 g/mol. The molecule has 6 heteroatoms. The molecule has 3 rings (SSSR count). The Bertz CT molecular complexity index is 1200. The van der Waals surface area contributed by atoms with Crippen LogP contribution in [0.4, 0.5) is 4.39 Å². The maximum absolute atomic E-state index is 14.6. The quantitative estimate of drug-likeness (QED) is 0.262. The Labute approximate surface area is 219 Å². The number of nitrogens with one attached hydrogen (secondary N) is 1. The molecular formula is C31H36FNO4. The number of halogens is 1. The van der Waals surface area contributed by atoms with Crippen molar-refractivity contribution in [2.24, 2.45) is 0 Å². The summed E-state index contributed by atoms with van der Waals surface area (Å²) in [5, 5.41) is 2.23. The van der Waals surface area contributed by atoms with Crippen molar-refractivity contribution in [3.8, 4) is 17.2 Å². The van der Waals surface area contributed by atoms with Crippen LogP contribution in [-0.2, 0) is 16.0 Å². The summed E-state index contributed by atoms with van der Waals surface area (Å²) >= 11 is 0. The van der Waals surface area contributed by atoms with Gasteiger partial charge in [-0.2, -0.15) is 0 Å². The van der Waals surface area contributed by atoms with E-state index < -0.39 is 23.5 Å². The van der Waals surface area contributed by atoms with E-state index in [9.17, 15) is 14.0 Å². The van der Waals surface area contributed by atoms with Gasteiger partial charge in [0.2, 0.25) is 11.8 Å². The Morgan fingerprint density at radius 3 is 2.41 bits per heavy atom. The minimum absolute atomic E-state index is 0.157. The zero-order chi connectivity index (χ0) is 26.8. The molecule has 0 heterocycles. The number of aryl methyl sites for hydroxylation is 1. The Kier molecular flexibility index (Phi) is 10.2. The zero-order valence-electron chi connectivity index (χ0n) is 22.1. The van der Waals surface area contributed by atoms with E-state index in [-0.39, 0.29) is 5.75 Å². The molecule has 2 atom stereocenters. The van der Waals surface area contributed by atoms with Gasteiger partial charge < -0.3 is 9.47 Å². The Balaban J connectivity index is 1.55. The smallest absolute Gasteiger partial charge is 0.233 e. The first-order chi connectivity index (χ1) is 17.8. The van der Waals surface area contributed by atoms with Crippen molar-refractivity contribution < 1.29 is 23.5 Å². The molecule has 0 bridgehead atoms. The third-order valence-electron chi connectivity index (χ3n) is 6.33. The van der Waals surface area contributed by atoms with Crippen molar-refractivity contribution in [1.29, 1.82) is 0 Å². The molecule has 37 heavy (non-hydrogen) atoms. The highest BCUT2D eigenvalue weighted by Crippen LogP contribution is 2.31. The summed E-state index contributed by atoms with van der Waals surface area (Å²) in [6.07, 6.45) is 3.69. The standard InChI is InChI=1S/C31H36FNO4/c1-5-10-25-19-27(37-26-12-7-6-8-13-26)15-16-28(25)21(2)11-9-18-36-30-17-14-24(20-29(30)32)22(3)31(35)33-23(4)34/h6-8,12-17,19-22H,5,9-11,18H2,1-4H3,(H,33,34,35). The molecule has 196 valence electrons. The molecular weight excluding hydrogens is 469 g/mol. The number of rotatable bonds is 12. The lowest BCUT2D eigenvalue weighted by molar-refractivity contribution is -0.129. The normalized spacial score (nSPS) is 12.5. The van der Waals surface area contributed by atoms with E-state index in [0.717, 1.165) is 37.2 Å². The van der Waals surface area contributed by atoms with Crippen molar-refractivity contribution >= 4 is 11.8 Å². The molecule has 0 aromatic heterocycles. The van der Waals surface area contributed by atoms with Crippen molar-refractivity contribution in [3.05, 3.63) is 89.2 Å². The van der Waals surface area contributed by atoms with Gasteiger partial charge in [-0.1, -0.05) is 50.6 Å². The first-order valence-corrected chi connectivity index (χ1v) is 12.9. The molecule has 2 unspecified atom stereocenters. The van der Waals surface area contributed by atoms with Crippen LogP contribution in [-0.4, -0.2) is 18.4 Å². The molecule has 0 saturated heterocycles. The van der Waals surface area contributed by atoms with Crippen LogP contribution in [0.1, 0.15) is 75.5 Å². The lowest BCUT2D eigenvalue weighted by Crippen LogP contribution is -2.31. The number of para-hydroxylation sites is 1. The number of carbonyl (C=O) groups is 2. The highest BCUT2D eigenvalue weighted by Gasteiger charge is 2.18. The minimum Gasteiger partial charge on any atom is -0.491 e. The monoisotopic (exact) mass is 505 g/mol. The Morgan fingerprint density at radius 1 is 0.973 bits per heavy atom. The van der Waals surface area contributed by atoms with Crippen LogP contribution in [0, 0.1) is 5.82 Å². The Hall–Kier alpha value is -3.67. The number of amides is 2. The lowest BCUT2D eigenvalue weighted by atomic mass is 9.90. The van der Waals surface area contributed by atoms with Gasteiger partial charge in [0.15, 0.2) is 11.6 Å². The van der Waals surface area contributed by atoms with Crippen molar-refractivity contribution in [1.82, 2.24) is 5.32 Å². The van der Waals surface area contributed by atoms with Crippen LogP contribution in [0.5, 0.6) is 17.2 Å². The molecule has 2 amide bonds. The zero-order valence-corrected chi connectivity index (χ0v) is 22.1. The van der Waals surface area contributed by atoms with Gasteiger partial charge in [-0.05, 0) is 85.2 Å². The lowest BCUT2D eigenvalue weighted by Gasteiger charge is -2.18. The maximum atomic E-state index is 14.6. The van der Waals surface area contributed by atoms with E-state index in [1.807, 2.05) is 36.4 Å². The van der Waals surface area contributed by atoms with Crippen LogP contribution in [0.25, 0.3) is 0 Å². The van der Waals surface area contributed by atoms with Gasteiger partial charge in [0.1, 0.15) is 11.5 Å². The summed E-state index contributed by atoms with van der Waals surface area (Å²) in [5.74, 6) is 0.0649. The highest BCUT2D eigenvalue weighted by atomic mass is 19.1. The minimum atomic E-state index is -0.643. The summed E-state index contributed by atoms with van der Waals surface area (Å²) in [6.45, 7) is 7.66. The van der Waals surface area contributed by atoms with Gasteiger partial charge >= 0.3 is 0 Å².